The van der Waals surface area contributed by atoms with Crippen LogP contribution >= 0.6 is 23.1 Å². The molecule has 0 aliphatic heterocycles. The van der Waals surface area contributed by atoms with Gasteiger partial charge in [0.2, 0.25) is 5.91 Å². The maximum atomic E-state index is 13.2. The zero-order valence-corrected chi connectivity index (χ0v) is 15.1. The third-order valence-electron chi connectivity index (χ3n) is 3.85. The molecular formula is C17H14F2N4OS2. The van der Waals surface area contributed by atoms with Crippen molar-refractivity contribution >= 4 is 34.7 Å². The summed E-state index contributed by atoms with van der Waals surface area (Å²) in [4.78, 5) is 13.2. The van der Waals surface area contributed by atoms with Crippen LogP contribution in [0.25, 0.3) is 10.7 Å². The Morgan fingerprint density at radius 1 is 1.27 bits per heavy atom. The minimum absolute atomic E-state index is 0.105. The molecule has 3 aromatic rings. The highest BCUT2D eigenvalue weighted by Gasteiger charge is 2.30. The van der Waals surface area contributed by atoms with Gasteiger partial charge in [-0.05, 0) is 36.4 Å². The van der Waals surface area contributed by atoms with Gasteiger partial charge in [-0.1, -0.05) is 17.8 Å². The molecule has 0 spiro atoms. The minimum Gasteiger partial charge on any atom is -0.325 e. The van der Waals surface area contributed by atoms with Crippen molar-refractivity contribution in [3.63, 3.8) is 0 Å². The molecule has 0 bridgehead atoms. The van der Waals surface area contributed by atoms with Gasteiger partial charge in [0, 0.05) is 17.8 Å². The van der Waals surface area contributed by atoms with Crippen molar-refractivity contribution in [2.75, 3.05) is 11.1 Å². The summed E-state index contributed by atoms with van der Waals surface area (Å²) in [5.41, 5.74) is 0.220. The number of anilines is 1. The fourth-order valence-corrected chi connectivity index (χ4v) is 4.02. The monoisotopic (exact) mass is 392 g/mol. The van der Waals surface area contributed by atoms with Crippen molar-refractivity contribution in [1.82, 2.24) is 14.8 Å². The smallest absolute Gasteiger partial charge is 0.234 e. The first-order chi connectivity index (χ1) is 12.6. The van der Waals surface area contributed by atoms with E-state index in [9.17, 15) is 13.6 Å². The van der Waals surface area contributed by atoms with Gasteiger partial charge in [0.25, 0.3) is 0 Å². The SMILES string of the molecule is O=C(CSc1nnc(-c2cccs2)n1C1CC1)Nc1ccc(F)c(F)c1. The summed E-state index contributed by atoms with van der Waals surface area (Å²) in [7, 11) is 0. The van der Waals surface area contributed by atoms with E-state index in [0.717, 1.165) is 35.7 Å². The van der Waals surface area contributed by atoms with E-state index in [1.807, 2.05) is 17.5 Å². The number of aromatic nitrogens is 3. The molecule has 0 saturated heterocycles. The lowest BCUT2D eigenvalue weighted by Crippen LogP contribution is -2.15. The number of amides is 1. The Morgan fingerprint density at radius 2 is 2.12 bits per heavy atom. The van der Waals surface area contributed by atoms with Gasteiger partial charge >= 0.3 is 0 Å². The second-order valence-electron chi connectivity index (χ2n) is 5.85. The number of hydrogen-bond donors (Lipinski definition) is 1. The molecular weight excluding hydrogens is 378 g/mol. The van der Waals surface area contributed by atoms with Gasteiger partial charge in [-0.3, -0.25) is 9.36 Å². The van der Waals surface area contributed by atoms with E-state index in [-0.39, 0.29) is 17.3 Å². The quantitative estimate of drug-likeness (QED) is 0.634. The number of carbonyl (C=O) groups is 1. The van der Waals surface area contributed by atoms with E-state index in [2.05, 4.69) is 20.1 Å². The number of nitrogens with zero attached hydrogens (tertiary/aromatic N) is 3. The summed E-state index contributed by atoms with van der Waals surface area (Å²) in [5.74, 6) is -1.33. The predicted octanol–water partition coefficient (Wildman–Crippen LogP) is 4.35. The highest BCUT2D eigenvalue weighted by atomic mass is 32.2. The predicted molar refractivity (Wildman–Crippen MR) is 97.3 cm³/mol. The van der Waals surface area contributed by atoms with E-state index in [0.29, 0.717) is 11.2 Å². The van der Waals surface area contributed by atoms with Gasteiger partial charge in [0.15, 0.2) is 22.6 Å². The fourth-order valence-electron chi connectivity index (χ4n) is 2.51. The average Bonchev–Trinajstić information content (AvgIpc) is 3.15. The number of carbonyl (C=O) groups excluding carboxylic acids is 1. The molecule has 9 heteroatoms. The molecule has 4 rings (SSSR count). The van der Waals surface area contributed by atoms with Crippen LogP contribution in [-0.2, 0) is 4.79 Å². The van der Waals surface area contributed by atoms with Crippen molar-refractivity contribution in [1.29, 1.82) is 0 Å². The Kier molecular flexibility index (Phi) is 4.73. The van der Waals surface area contributed by atoms with Gasteiger partial charge in [-0.15, -0.1) is 21.5 Å². The molecule has 1 aromatic carbocycles. The minimum atomic E-state index is -0.996. The van der Waals surface area contributed by atoms with Crippen LogP contribution in [0, 0.1) is 11.6 Å². The zero-order valence-electron chi connectivity index (χ0n) is 13.5. The van der Waals surface area contributed by atoms with Gasteiger partial charge < -0.3 is 5.32 Å². The third kappa shape index (κ3) is 3.63. The van der Waals surface area contributed by atoms with Crippen molar-refractivity contribution < 1.29 is 13.6 Å². The standard InChI is InChI=1S/C17H14F2N4OS2/c18-12-6-3-10(8-13(12)19)20-15(24)9-26-17-22-21-16(14-2-1-7-25-14)23(17)11-4-5-11/h1-3,6-8,11H,4-5,9H2,(H,20,24). The Labute approximate surface area is 156 Å². The molecule has 1 saturated carbocycles. The molecule has 2 aromatic heterocycles. The van der Waals surface area contributed by atoms with E-state index in [1.165, 1.54) is 17.8 Å². The van der Waals surface area contributed by atoms with E-state index in [1.54, 1.807) is 11.3 Å². The van der Waals surface area contributed by atoms with Crippen LogP contribution in [0.15, 0.2) is 40.9 Å². The molecule has 1 fully saturated rings. The molecule has 0 atom stereocenters. The van der Waals surface area contributed by atoms with Crippen molar-refractivity contribution in [3.05, 3.63) is 47.3 Å². The number of nitrogens with one attached hydrogen (secondary N) is 1. The molecule has 134 valence electrons. The summed E-state index contributed by atoms with van der Waals surface area (Å²) >= 11 is 2.88. The Hall–Kier alpha value is -2.26. The number of thioether (sulfide) groups is 1. The number of hydrogen-bond acceptors (Lipinski definition) is 5. The Bertz CT molecular complexity index is 938. The second-order valence-corrected chi connectivity index (χ2v) is 7.74. The molecule has 5 nitrogen and oxygen atoms in total. The number of benzene rings is 1. The lowest BCUT2D eigenvalue weighted by atomic mass is 10.3. The largest absolute Gasteiger partial charge is 0.325 e. The van der Waals surface area contributed by atoms with Gasteiger partial charge in [0.1, 0.15) is 0 Å². The van der Waals surface area contributed by atoms with E-state index in [4.69, 9.17) is 0 Å². The fraction of sp³-hybridized carbons (Fsp3) is 0.235. The average molecular weight is 392 g/mol. The number of rotatable bonds is 6. The normalized spacial score (nSPS) is 13.8. The highest BCUT2D eigenvalue weighted by Crippen LogP contribution is 2.41. The summed E-state index contributed by atoms with van der Waals surface area (Å²) in [6.07, 6.45) is 2.15. The number of thiophene rings is 1. The highest BCUT2D eigenvalue weighted by molar-refractivity contribution is 7.99. The van der Waals surface area contributed by atoms with Crippen molar-refractivity contribution in [3.8, 4) is 10.7 Å². The summed E-state index contributed by atoms with van der Waals surface area (Å²) in [5, 5.41) is 13.8. The maximum absolute atomic E-state index is 13.2. The van der Waals surface area contributed by atoms with Crippen LogP contribution in [-0.4, -0.2) is 26.4 Å². The first-order valence-corrected chi connectivity index (χ1v) is 9.85. The van der Waals surface area contributed by atoms with Crippen molar-refractivity contribution in [2.24, 2.45) is 0 Å². The van der Waals surface area contributed by atoms with Crippen LogP contribution in [0.1, 0.15) is 18.9 Å². The van der Waals surface area contributed by atoms with Gasteiger partial charge in [0.05, 0.1) is 10.6 Å². The second kappa shape index (κ2) is 7.16. The summed E-state index contributed by atoms with van der Waals surface area (Å²) < 4.78 is 28.2. The molecule has 26 heavy (non-hydrogen) atoms. The lowest BCUT2D eigenvalue weighted by molar-refractivity contribution is -0.113. The van der Waals surface area contributed by atoms with Gasteiger partial charge in [-0.2, -0.15) is 0 Å². The van der Waals surface area contributed by atoms with Crippen LogP contribution in [0.3, 0.4) is 0 Å². The lowest BCUT2D eigenvalue weighted by Gasteiger charge is -2.08. The topological polar surface area (TPSA) is 59.8 Å². The molecule has 1 amide bonds. The third-order valence-corrected chi connectivity index (χ3v) is 5.66. The van der Waals surface area contributed by atoms with E-state index >= 15 is 0 Å². The van der Waals surface area contributed by atoms with Crippen LogP contribution in [0.2, 0.25) is 0 Å². The summed E-state index contributed by atoms with van der Waals surface area (Å²) in [6.45, 7) is 0. The molecule has 1 aliphatic rings. The molecule has 1 N–H and O–H groups in total. The first kappa shape index (κ1) is 17.2. The number of halogens is 2. The first-order valence-electron chi connectivity index (χ1n) is 7.98. The molecule has 0 radical (unpaired) electrons. The molecule has 2 heterocycles. The molecule has 1 aliphatic carbocycles. The maximum Gasteiger partial charge on any atom is 0.234 e. The van der Waals surface area contributed by atoms with Gasteiger partial charge in [-0.25, -0.2) is 8.78 Å². The van der Waals surface area contributed by atoms with E-state index < -0.39 is 11.6 Å². The van der Waals surface area contributed by atoms with Crippen LogP contribution < -0.4 is 5.32 Å². The Balaban J connectivity index is 1.44. The summed E-state index contributed by atoms with van der Waals surface area (Å²) in [6, 6.07) is 7.60. The van der Waals surface area contributed by atoms with Crippen LogP contribution in [0.5, 0.6) is 0 Å². The van der Waals surface area contributed by atoms with Crippen LogP contribution in [0.4, 0.5) is 14.5 Å². The molecule has 0 unspecified atom stereocenters. The van der Waals surface area contributed by atoms with Crippen molar-refractivity contribution in [2.45, 2.75) is 24.0 Å². The Morgan fingerprint density at radius 3 is 2.81 bits per heavy atom. The zero-order chi connectivity index (χ0) is 18.1.